The maximum atomic E-state index is 13.3. The number of rotatable bonds is 2. The van der Waals surface area contributed by atoms with Crippen LogP contribution in [0, 0.1) is 17.7 Å². The second-order valence-electron chi connectivity index (χ2n) is 6.84. The van der Waals surface area contributed by atoms with Gasteiger partial charge in [0.15, 0.2) is 0 Å². The fourth-order valence-electron chi connectivity index (χ4n) is 4.07. The monoisotopic (exact) mass is 376 g/mol. The van der Waals surface area contributed by atoms with Gasteiger partial charge in [0.2, 0.25) is 0 Å². The molecule has 0 radical (unpaired) electrons. The van der Waals surface area contributed by atoms with E-state index in [-0.39, 0.29) is 29.9 Å². The summed E-state index contributed by atoms with van der Waals surface area (Å²) in [6.45, 7) is 0.992. The summed E-state index contributed by atoms with van der Waals surface area (Å²) in [5.41, 5.74) is 0.278. The van der Waals surface area contributed by atoms with E-state index in [9.17, 15) is 14.3 Å². The molecule has 4 atom stereocenters. The number of carbonyl (C=O) groups excluding carboxylic acids is 1. The Balaban J connectivity index is 0.000000659. The number of hydrogen-bond donors (Lipinski definition) is 2. The molecule has 27 heavy (non-hydrogen) atoms. The number of halogens is 1. The normalized spacial score (nSPS) is 26.7. The first kappa shape index (κ1) is 19.0. The van der Waals surface area contributed by atoms with Crippen LogP contribution in [0.4, 0.5) is 4.39 Å². The molecule has 144 valence electrons. The lowest BCUT2D eigenvalue weighted by Gasteiger charge is -2.35. The van der Waals surface area contributed by atoms with Crippen molar-refractivity contribution in [1.29, 1.82) is 0 Å². The second-order valence-corrected chi connectivity index (χ2v) is 6.84. The molecule has 8 nitrogen and oxygen atoms in total. The van der Waals surface area contributed by atoms with Gasteiger partial charge in [-0.25, -0.2) is 9.37 Å². The summed E-state index contributed by atoms with van der Waals surface area (Å²) in [4.78, 5) is 30.5. The number of likely N-dealkylation sites (tertiary alicyclic amines) is 1. The van der Waals surface area contributed by atoms with Crippen molar-refractivity contribution >= 4 is 12.4 Å². The van der Waals surface area contributed by atoms with Crippen LogP contribution in [0.3, 0.4) is 0 Å². The predicted molar refractivity (Wildman–Crippen MR) is 92.3 cm³/mol. The van der Waals surface area contributed by atoms with Crippen molar-refractivity contribution in [2.45, 2.75) is 25.0 Å². The average Bonchev–Trinajstić information content (AvgIpc) is 3.30. The highest BCUT2D eigenvalue weighted by Gasteiger charge is 2.43. The quantitative estimate of drug-likeness (QED) is 0.763. The summed E-state index contributed by atoms with van der Waals surface area (Å²) in [5.74, 6) is -0.0744. The number of carboxylic acid groups (broad SMARTS) is 1. The molecule has 0 spiro atoms. The molecule has 2 N–H and O–H groups in total. The van der Waals surface area contributed by atoms with Crippen molar-refractivity contribution in [1.82, 2.24) is 19.4 Å². The minimum absolute atomic E-state index is 0.000335. The van der Waals surface area contributed by atoms with Crippen molar-refractivity contribution in [2.24, 2.45) is 11.8 Å². The van der Waals surface area contributed by atoms with Crippen LogP contribution in [0.2, 0.25) is 0 Å². The summed E-state index contributed by atoms with van der Waals surface area (Å²) in [6, 6.07) is 1.22. The number of aromatic nitrogens is 3. The molecule has 1 aliphatic heterocycles. The van der Waals surface area contributed by atoms with E-state index in [1.54, 1.807) is 17.4 Å². The van der Waals surface area contributed by atoms with E-state index in [4.69, 9.17) is 9.90 Å². The number of aliphatic hydroxyl groups is 1. The molecule has 1 saturated carbocycles. The molecule has 2 aromatic rings. The highest BCUT2D eigenvalue weighted by molar-refractivity contribution is 5.94. The van der Waals surface area contributed by atoms with Crippen LogP contribution in [-0.4, -0.2) is 61.2 Å². The second kappa shape index (κ2) is 8.26. The van der Waals surface area contributed by atoms with Gasteiger partial charge in [-0.15, -0.1) is 0 Å². The lowest BCUT2D eigenvalue weighted by atomic mass is 9.77. The van der Waals surface area contributed by atoms with Gasteiger partial charge in [-0.3, -0.25) is 14.6 Å². The highest BCUT2D eigenvalue weighted by atomic mass is 19.1. The van der Waals surface area contributed by atoms with Crippen LogP contribution in [0.5, 0.6) is 0 Å². The van der Waals surface area contributed by atoms with Crippen molar-refractivity contribution in [2.75, 3.05) is 13.1 Å². The Morgan fingerprint density at radius 2 is 1.93 bits per heavy atom. The number of nitrogens with zero attached hydrogens (tertiary/aromatic N) is 4. The van der Waals surface area contributed by atoms with Crippen LogP contribution in [-0.2, 0) is 4.79 Å². The molecule has 9 heteroatoms. The molecule has 1 aliphatic carbocycles. The molecule has 3 heterocycles. The van der Waals surface area contributed by atoms with Gasteiger partial charge in [0.25, 0.3) is 12.4 Å². The Labute approximate surface area is 155 Å². The maximum Gasteiger partial charge on any atom is 0.290 e. The lowest BCUT2D eigenvalue weighted by Crippen LogP contribution is -2.35. The average molecular weight is 376 g/mol. The smallest absolute Gasteiger partial charge is 0.290 e. The number of carbonyl (C=O) groups is 2. The molecular weight excluding hydrogens is 355 g/mol. The van der Waals surface area contributed by atoms with Gasteiger partial charge in [0.1, 0.15) is 5.82 Å². The van der Waals surface area contributed by atoms with E-state index < -0.39 is 11.9 Å². The van der Waals surface area contributed by atoms with Crippen molar-refractivity contribution < 1.29 is 24.2 Å². The first-order chi connectivity index (χ1) is 13.0. The number of aliphatic hydroxyl groups excluding tert-OH is 1. The van der Waals surface area contributed by atoms with E-state index in [2.05, 4.69) is 9.97 Å². The van der Waals surface area contributed by atoms with Crippen LogP contribution >= 0.6 is 0 Å². The standard InChI is InChI=1S/C17H19FN4O2.CH2O2/c18-14-3-11(6-20-7-14)17(24)22-8-12-4-15(21-2-1-19-10-21)16(23)5-13(12)9-22;2-1-3/h1-3,6-7,10,12-13,15-16,23H,4-5,8-9H2;1H,(H,2,3)/t12-,13+,15-,16-;/m1./s1. The van der Waals surface area contributed by atoms with Crippen molar-refractivity contribution in [3.63, 3.8) is 0 Å². The fraction of sp³-hybridized carbons (Fsp3) is 0.444. The Morgan fingerprint density at radius 1 is 1.22 bits per heavy atom. The number of fused-ring (bicyclic) bond motifs is 1. The first-order valence-electron chi connectivity index (χ1n) is 8.66. The third kappa shape index (κ3) is 4.13. The Morgan fingerprint density at radius 3 is 2.56 bits per heavy atom. The number of amides is 1. The van der Waals surface area contributed by atoms with Crippen molar-refractivity contribution in [3.8, 4) is 0 Å². The molecule has 2 aromatic heterocycles. The number of imidazole rings is 1. The van der Waals surface area contributed by atoms with E-state index >= 15 is 0 Å². The Kier molecular flexibility index (Phi) is 5.80. The van der Waals surface area contributed by atoms with Crippen LogP contribution in [0.15, 0.2) is 37.2 Å². The third-order valence-corrected chi connectivity index (χ3v) is 5.26. The molecule has 1 saturated heterocycles. The SMILES string of the molecule is O=C(c1cncc(F)c1)N1C[C@H]2C[C@@H](n3ccnc3)[C@H](O)C[C@H]2C1.O=CO. The predicted octanol–water partition coefficient (Wildman–Crippen LogP) is 1.20. The first-order valence-corrected chi connectivity index (χ1v) is 8.66. The minimum Gasteiger partial charge on any atom is -0.483 e. The zero-order chi connectivity index (χ0) is 19.4. The molecule has 0 unspecified atom stereocenters. The molecular formula is C18H21FN4O4. The highest BCUT2D eigenvalue weighted by Crippen LogP contribution is 2.41. The molecule has 0 aromatic carbocycles. The van der Waals surface area contributed by atoms with Gasteiger partial charge in [-0.05, 0) is 30.7 Å². The summed E-state index contributed by atoms with van der Waals surface area (Å²) in [6.07, 6.45) is 8.83. The third-order valence-electron chi connectivity index (χ3n) is 5.26. The van der Waals surface area contributed by atoms with Gasteiger partial charge < -0.3 is 19.7 Å². The molecule has 2 fully saturated rings. The number of hydrogen-bond acceptors (Lipinski definition) is 5. The van der Waals surface area contributed by atoms with Gasteiger partial charge >= 0.3 is 0 Å². The van der Waals surface area contributed by atoms with Gasteiger partial charge in [0.05, 0.1) is 30.2 Å². The topological polar surface area (TPSA) is 109 Å². The molecule has 1 amide bonds. The largest absolute Gasteiger partial charge is 0.483 e. The summed E-state index contributed by atoms with van der Waals surface area (Å²) in [5, 5.41) is 17.3. The van der Waals surface area contributed by atoms with E-state index in [1.165, 1.54) is 12.3 Å². The van der Waals surface area contributed by atoms with Gasteiger partial charge in [-0.2, -0.15) is 0 Å². The minimum atomic E-state index is -0.506. The van der Waals surface area contributed by atoms with E-state index in [0.29, 0.717) is 25.4 Å². The molecule has 2 aliphatic rings. The zero-order valence-electron chi connectivity index (χ0n) is 14.6. The Hall–Kier alpha value is -2.81. The summed E-state index contributed by atoms with van der Waals surface area (Å²) in [7, 11) is 0. The van der Waals surface area contributed by atoms with Gasteiger partial charge in [0, 0.05) is 31.7 Å². The van der Waals surface area contributed by atoms with E-state index in [0.717, 1.165) is 12.6 Å². The molecule has 0 bridgehead atoms. The van der Waals surface area contributed by atoms with E-state index in [1.807, 2.05) is 10.8 Å². The Bertz CT molecular complexity index is 785. The van der Waals surface area contributed by atoms with Crippen molar-refractivity contribution in [3.05, 3.63) is 48.6 Å². The van der Waals surface area contributed by atoms with Crippen LogP contribution in [0.25, 0.3) is 0 Å². The van der Waals surface area contributed by atoms with Crippen LogP contribution in [0.1, 0.15) is 29.2 Å². The summed E-state index contributed by atoms with van der Waals surface area (Å²) >= 11 is 0. The zero-order valence-corrected chi connectivity index (χ0v) is 14.6. The summed E-state index contributed by atoms with van der Waals surface area (Å²) < 4.78 is 15.2. The maximum absolute atomic E-state index is 13.3. The number of pyridine rings is 1. The van der Waals surface area contributed by atoms with Crippen LogP contribution < -0.4 is 0 Å². The van der Waals surface area contributed by atoms with Gasteiger partial charge in [-0.1, -0.05) is 0 Å². The fourth-order valence-corrected chi connectivity index (χ4v) is 4.07. The lowest BCUT2D eigenvalue weighted by molar-refractivity contribution is -0.122. The molecule has 4 rings (SSSR count).